The standard InChI is InChI=1S/C16H19NOS/c1-12-6-7-13(2)16(10-12)19-9-8-18-15-5-3-4-14(17)11-15/h3-7,10-11H,8-9,17H2,1-2H3. The molecule has 0 heterocycles. The number of ether oxygens (including phenoxy) is 1. The van der Waals surface area contributed by atoms with Gasteiger partial charge >= 0.3 is 0 Å². The van der Waals surface area contributed by atoms with E-state index in [-0.39, 0.29) is 0 Å². The van der Waals surface area contributed by atoms with Gasteiger partial charge in [0.1, 0.15) is 5.75 Å². The van der Waals surface area contributed by atoms with Gasteiger partial charge in [0.05, 0.1) is 6.61 Å². The lowest BCUT2D eigenvalue weighted by Crippen LogP contribution is -2.00. The Bertz CT molecular complexity index is 554. The molecule has 0 amide bonds. The molecule has 0 spiro atoms. The molecule has 2 nitrogen and oxygen atoms in total. The number of hydrogen-bond acceptors (Lipinski definition) is 3. The molecule has 0 radical (unpaired) electrons. The van der Waals surface area contributed by atoms with Crippen LogP contribution in [-0.2, 0) is 0 Å². The highest BCUT2D eigenvalue weighted by Gasteiger charge is 2.00. The molecule has 0 saturated heterocycles. The van der Waals surface area contributed by atoms with E-state index in [0.717, 1.165) is 17.2 Å². The Hall–Kier alpha value is -1.61. The zero-order valence-electron chi connectivity index (χ0n) is 11.3. The molecule has 0 bridgehead atoms. The first-order chi connectivity index (χ1) is 9.15. The van der Waals surface area contributed by atoms with Crippen molar-refractivity contribution >= 4 is 17.4 Å². The minimum Gasteiger partial charge on any atom is -0.493 e. The molecule has 0 saturated carbocycles. The largest absolute Gasteiger partial charge is 0.493 e. The summed E-state index contributed by atoms with van der Waals surface area (Å²) in [5.41, 5.74) is 9.06. The van der Waals surface area contributed by atoms with E-state index in [0.29, 0.717) is 6.61 Å². The number of nitrogens with two attached hydrogens (primary N) is 1. The second-order valence-corrected chi connectivity index (χ2v) is 5.68. The van der Waals surface area contributed by atoms with Crippen LogP contribution in [0.3, 0.4) is 0 Å². The summed E-state index contributed by atoms with van der Waals surface area (Å²) in [6, 6.07) is 14.1. The van der Waals surface area contributed by atoms with Gasteiger partial charge < -0.3 is 10.5 Å². The Morgan fingerprint density at radius 3 is 2.74 bits per heavy atom. The van der Waals surface area contributed by atoms with E-state index in [1.807, 2.05) is 36.0 Å². The second kappa shape index (κ2) is 6.53. The summed E-state index contributed by atoms with van der Waals surface area (Å²) in [5, 5.41) is 0. The summed E-state index contributed by atoms with van der Waals surface area (Å²) in [4.78, 5) is 1.33. The monoisotopic (exact) mass is 273 g/mol. The third-order valence-corrected chi connectivity index (χ3v) is 3.93. The van der Waals surface area contributed by atoms with Crippen molar-refractivity contribution in [3.8, 4) is 5.75 Å². The molecule has 0 aliphatic heterocycles. The molecule has 0 fully saturated rings. The van der Waals surface area contributed by atoms with Crippen LogP contribution in [-0.4, -0.2) is 12.4 Å². The van der Waals surface area contributed by atoms with Crippen LogP contribution in [0.4, 0.5) is 5.69 Å². The van der Waals surface area contributed by atoms with Gasteiger partial charge in [0.25, 0.3) is 0 Å². The molecule has 100 valence electrons. The average Bonchev–Trinajstić information content (AvgIpc) is 2.39. The number of thioether (sulfide) groups is 1. The highest BCUT2D eigenvalue weighted by atomic mass is 32.2. The van der Waals surface area contributed by atoms with Crippen LogP contribution in [0, 0.1) is 13.8 Å². The van der Waals surface area contributed by atoms with E-state index in [1.165, 1.54) is 16.0 Å². The summed E-state index contributed by atoms with van der Waals surface area (Å²) < 4.78 is 5.68. The van der Waals surface area contributed by atoms with Gasteiger partial charge in [-0.05, 0) is 37.6 Å². The first kappa shape index (κ1) is 13.8. The van der Waals surface area contributed by atoms with Crippen LogP contribution in [0.2, 0.25) is 0 Å². The Balaban J connectivity index is 1.82. The zero-order valence-corrected chi connectivity index (χ0v) is 12.2. The van der Waals surface area contributed by atoms with Gasteiger partial charge in [-0.3, -0.25) is 0 Å². The van der Waals surface area contributed by atoms with Gasteiger partial charge in [-0.2, -0.15) is 0 Å². The highest BCUT2D eigenvalue weighted by molar-refractivity contribution is 7.99. The molecule has 2 rings (SSSR count). The lowest BCUT2D eigenvalue weighted by atomic mass is 10.2. The highest BCUT2D eigenvalue weighted by Crippen LogP contribution is 2.23. The molecule has 2 aromatic carbocycles. The number of rotatable bonds is 5. The average molecular weight is 273 g/mol. The summed E-state index contributed by atoms with van der Waals surface area (Å²) in [6.07, 6.45) is 0. The van der Waals surface area contributed by atoms with Gasteiger partial charge in [-0.25, -0.2) is 0 Å². The van der Waals surface area contributed by atoms with Gasteiger partial charge in [0.15, 0.2) is 0 Å². The van der Waals surface area contributed by atoms with Crippen molar-refractivity contribution in [2.24, 2.45) is 0 Å². The topological polar surface area (TPSA) is 35.2 Å². The van der Waals surface area contributed by atoms with Crippen LogP contribution in [0.15, 0.2) is 47.4 Å². The predicted molar refractivity (Wildman–Crippen MR) is 83.0 cm³/mol. The van der Waals surface area contributed by atoms with Crippen LogP contribution >= 0.6 is 11.8 Å². The van der Waals surface area contributed by atoms with Gasteiger partial charge in [-0.15, -0.1) is 11.8 Å². The number of hydrogen-bond donors (Lipinski definition) is 1. The number of anilines is 1. The summed E-state index contributed by atoms with van der Waals surface area (Å²) in [7, 11) is 0. The van der Waals surface area contributed by atoms with E-state index in [1.54, 1.807) is 0 Å². The Kier molecular flexibility index (Phi) is 4.74. The van der Waals surface area contributed by atoms with Crippen molar-refractivity contribution < 1.29 is 4.74 Å². The molecule has 2 aromatic rings. The van der Waals surface area contributed by atoms with Crippen molar-refractivity contribution in [2.45, 2.75) is 18.7 Å². The Morgan fingerprint density at radius 2 is 1.95 bits per heavy atom. The van der Waals surface area contributed by atoms with Crippen molar-refractivity contribution in [3.05, 3.63) is 53.6 Å². The first-order valence-electron chi connectivity index (χ1n) is 6.33. The zero-order chi connectivity index (χ0) is 13.7. The lowest BCUT2D eigenvalue weighted by Gasteiger charge is -2.08. The van der Waals surface area contributed by atoms with Crippen molar-refractivity contribution in [3.63, 3.8) is 0 Å². The number of aryl methyl sites for hydroxylation is 2. The SMILES string of the molecule is Cc1ccc(C)c(SCCOc2cccc(N)c2)c1. The molecular formula is C16H19NOS. The normalized spacial score (nSPS) is 10.4. The molecular weight excluding hydrogens is 254 g/mol. The Labute approximate surface area is 119 Å². The fourth-order valence-corrected chi connectivity index (χ4v) is 2.73. The number of nitrogen functional groups attached to an aromatic ring is 1. The molecule has 0 atom stereocenters. The summed E-state index contributed by atoms with van der Waals surface area (Å²) >= 11 is 1.83. The third kappa shape index (κ3) is 4.21. The molecule has 0 aromatic heterocycles. The fourth-order valence-electron chi connectivity index (χ4n) is 1.78. The summed E-state index contributed by atoms with van der Waals surface area (Å²) in [6.45, 7) is 4.94. The van der Waals surface area contributed by atoms with E-state index in [9.17, 15) is 0 Å². The molecule has 0 aliphatic rings. The van der Waals surface area contributed by atoms with E-state index in [2.05, 4.69) is 32.0 Å². The van der Waals surface area contributed by atoms with Crippen LogP contribution in [0.5, 0.6) is 5.75 Å². The fraction of sp³-hybridized carbons (Fsp3) is 0.250. The maximum atomic E-state index is 5.71. The van der Waals surface area contributed by atoms with Crippen molar-refractivity contribution in [2.75, 3.05) is 18.1 Å². The molecule has 0 unspecified atom stereocenters. The van der Waals surface area contributed by atoms with Crippen LogP contribution < -0.4 is 10.5 Å². The minimum atomic E-state index is 0.682. The maximum Gasteiger partial charge on any atom is 0.121 e. The smallest absolute Gasteiger partial charge is 0.121 e. The molecule has 19 heavy (non-hydrogen) atoms. The lowest BCUT2D eigenvalue weighted by molar-refractivity contribution is 0.344. The van der Waals surface area contributed by atoms with E-state index in [4.69, 9.17) is 10.5 Å². The molecule has 2 N–H and O–H groups in total. The van der Waals surface area contributed by atoms with Crippen LogP contribution in [0.25, 0.3) is 0 Å². The van der Waals surface area contributed by atoms with E-state index < -0.39 is 0 Å². The predicted octanol–water partition coefficient (Wildman–Crippen LogP) is 4.06. The van der Waals surface area contributed by atoms with Crippen LogP contribution in [0.1, 0.15) is 11.1 Å². The third-order valence-electron chi connectivity index (χ3n) is 2.81. The maximum absolute atomic E-state index is 5.71. The van der Waals surface area contributed by atoms with Crippen molar-refractivity contribution in [1.82, 2.24) is 0 Å². The van der Waals surface area contributed by atoms with Gasteiger partial charge in [0.2, 0.25) is 0 Å². The quantitative estimate of drug-likeness (QED) is 0.507. The van der Waals surface area contributed by atoms with Crippen molar-refractivity contribution in [1.29, 1.82) is 0 Å². The van der Waals surface area contributed by atoms with E-state index >= 15 is 0 Å². The second-order valence-electron chi connectivity index (χ2n) is 4.54. The van der Waals surface area contributed by atoms with Gasteiger partial charge in [0, 0.05) is 22.4 Å². The number of benzene rings is 2. The molecule has 0 aliphatic carbocycles. The molecule has 3 heteroatoms. The first-order valence-corrected chi connectivity index (χ1v) is 7.32. The minimum absolute atomic E-state index is 0.682. The van der Waals surface area contributed by atoms with Gasteiger partial charge in [-0.1, -0.05) is 23.8 Å². The summed E-state index contributed by atoms with van der Waals surface area (Å²) in [5.74, 6) is 1.76. The Morgan fingerprint density at radius 1 is 1.11 bits per heavy atom.